The molecule has 23 heavy (non-hydrogen) atoms. The van der Waals surface area contributed by atoms with Gasteiger partial charge >= 0.3 is 0 Å². The van der Waals surface area contributed by atoms with Crippen LogP contribution in [0, 0.1) is 19.3 Å². The number of rotatable bonds is 2. The summed E-state index contributed by atoms with van der Waals surface area (Å²) < 4.78 is 6.11. The van der Waals surface area contributed by atoms with Crippen LogP contribution >= 0.6 is 0 Å². The fraction of sp³-hybridized carbons (Fsp3) is 0.500. The van der Waals surface area contributed by atoms with E-state index in [0.717, 1.165) is 48.0 Å². The SMILES string of the molecule is CC.Cc1nc2c(c(Oc3ccccc3C)n1)CCC(C)(C)C2. The lowest BCUT2D eigenvalue weighted by molar-refractivity contribution is 0.304. The Morgan fingerprint density at radius 1 is 1.04 bits per heavy atom. The molecule has 0 bridgehead atoms. The zero-order valence-electron chi connectivity index (χ0n) is 15.2. The third-order valence-corrected chi connectivity index (χ3v) is 4.16. The summed E-state index contributed by atoms with van der Waals surface area (Å²) in [4.78, 5) is 9.18. The zero-order chi connectivity index (χ0) is 17.0. The topological polar surface area (TPSA) is 35.0 Å². The minimum absolute atomic E-state index is 0.313. The van der Waals surface area contributed by atoms with E-state index < -0.39 is 0 Å². The molecule has 124 valence electrons. The van der Waals surface area contributed by atoms with Gasteiger partial charge in [0.25, 0.3) is 0 Å². The first kappa shape index (κ1) is 17.5. The molecular weight excluding hydrogens is 284 g/mol. The van der Waals surface area contributed by atoms with Crippen LogP contribution in [0.3, 0.4) is 0 Å². The van der Waals surface area contributed by atoms with Crippen LogP contribution in [-0.4, -0.2) is 9.97 Å². The number of ether oxygens (including phenoxy) is 1. The molecule has 1 aromatic carbocycles. The van der Waals surface area contributed by atoms with E-state index in [1.54, 1.807) is 0 Å². The summed E-state index contributed by atoms with van der Waals surface area (Å²) in [6, 6.07) is 8.06. The second-order valence-corrected chi connectivity index (χ2v) is 6.71. The van der Waals surface area contributed by atoms with Crippen molar-refractivity contribution >= 4 is 0 Å². The van der Waals surface area contributed by atoms with Crippen LogP contribution in [0.4, 0.5) is 0 Å². The number of fused-ring (bicyclic) bond motifs is 1. The van der Waals surface area contributed by atoms with Gasteiger partial charge in [-0.1, -0.05) is 45.9 Å². The predicted octanol–water partition coefficient (Wildman–Crippen LogP) is 5.43. The summed E-state index contributed by atoms with van der Waals surface area (Å²) in [6.45, 7) is 12.6. The van der Waals surface area contributed by atoms with Crippen LogP contribution in [0.2, 0.25) is 0 Å². The third kappa shape index (κ3) is 4.10. The number of benzene rings is 1. The van der Waals surface area contributed by atoms with Crippen molar-refractivity contribution < 1.29 is 4.74 Å². The zero-order valence-corrected chi connectivity index (χ0v) is 15.2. The molecule has 0 spiro atoms. The van der Waals surface area contributed by atoms with Crippen molar-refractivity contribution in [2.45, 2.75) is 60.8 Å². The molecule has 0 fully saturated rings. The lowest BCUT2D eigenvalue weighted by Crippen LogP contribution is -2.24. The van der Waals surface area contributed by atoms with Crippen molar-refractivity contribution in [1.82, 2.24) is 9.97 Å². The highest BCUT2D eigenvalue weighted by Crippen LogP contribution is 2.38. The minimum Gasteiger partial charge on any atom is -0.438 e. The van der Waals surface area contributed by atoms with Gasteiger partial charge < -0.3 is 4.74 Å². The predicted molar refractivity (Wildman–Crippen MR) is 95.2 cm³/mol. The molecule has 3 nitrogen and oxygen atoms in total. The fourth-order valence-corrected chi connectivity index (χ4v) is 2.89. The molecule has 3 rings (SSSR count). The molecule has 1 heterocycles. The van der Waals surface area contributed by atoms with Gasteiger partial charge in [-0.05, 0) is 50.2 Å². The molecule has 1 aliphatic carbocycles. The van der Waals surface area contributed by atoms with Crippen LogP contribution < -0.4 is 4.74 Å². The minimum atomic E-state index is 0.313. The maximum Gasteiger partial charge on any atom is 0.226 e. The largest absolute Gasteiger partial charge is 0.438 e. The molecule has 0 aliphatic heterocycles. The van der Waals surface area contributed by atoms with Gasteiger partial charge in [0.15, 0.2) is 0 Å². The molecule has 0 unspecified atom stereocenters. The highest BCUT2D eigenvalue weighted by atomic mass is 16.5. The second-order valence-electron chi connectivity index (χ2n) is 6.71. The van der Waals surface area contributed by atoms with E-state index in [2.05, 4.69) is 36.8 Å². The number of hydrogen-bond acceptors (Lipinski definition) is 3. The Balaban J connectivity index is 0.000000924. The average Bonchev–Trinajstić information content (AvgIpc) is 2.50. The van der Waals surface area contributed by atoms with Gasteiger partial charge in [0, 0.05) is 5.56 Å². The quantitative estimate of drug-likeness (QED) is 0.742. The highest BCUT2D eigenvalue weighted by molar-refractivity contribution is 5.40. The van der Waals surface area contributed by atoms with E-state index in [4.69, 9.17) is 4.74 Å². The Hall–Kier alpha value is -1.90. The summed E-state index contributed by atoms with van der Waals surface area (Å²) >= 11 is 0. The smallest absolute Gasteiger partial charge is 0.226 e. The van der Waals surface area contributed by atoms with Crippen LogP contribution in [0.15, 0.2) is 24.3 Å². The van der Waals surface area contributed by atoms with Crippen molar-refractivity contribution in [3.63, 3.8) is 0 Å². The van der Waals surface area contributed by atoms with E-state index in [0.29, 0.717) is 5.41 Å². The summed E-state index contributed by atoms with van der Waals surface area (Å²) in [7, 11) is 0. The molecule has 0 N–H and O–H groups in total. The first-order chi connectivity index (χ1) is 10.9. The van der Waals surface area contributed by atoms with E-state index in [9.17, 15) is 0 Å². The van der Waals surface area contributed by atoms with Crippen LogP contribution in [-0.2, 0) is 12.8 Å². The molecule has 3 heteroatoms. The van der Waals surface area contributed by atoms with Crippen molar-refractivity contribution in [2.75, 3.05) is 0 Å². The van der Waals surface area contributed by atoms with Crippen LogP contribution in [0.5, 0.6) is 11.6 Å². The molecule has 0 radical (unpaired) electrons. The first-order valence-electron chi connectivity index (χ1n) is 8.54. The monoisotopic (exact) mass is 312 g/mol. The normalized spacial score (nSPS) is 15.2. The second kappa shape index (κ2) is 7.12. The summed E-state index contributed by atoms with van der Waals surface area (Å²) in [5.74, 6) is 2.40. The van der Waals surface area contributed by atoms with Gasteiger partial charge in [-0.3, -0.25) is 0 Å². The number of nitrogens with zero attached hydrogens (tertiary/aromatic N) is 2. The van der Waals surface area contributed by atoms with Gasteiger partial charge in [0.2, 0.25) is 5.88 Å². The lowest BCUT2D eigenvalue weighted by atomic mass is 9.76. The van der Waals surface area contributed by atoms with Crippen molar-refractivity contribution in [2.24, 2.45) is 5.41 Å². The van der Waals surface area contributed by atoms with E-state index in [1.807, 2.05) is 39.0 Å². The number of aromatic nitrogens is 2. The average molecular weight is 312 g/mol. The Morgan fingerprint density at radius 2 is 1.74 bits per heavy atom. The standard InChI is InChI=1S/C18H22N2O.C2H6/c1-12-7-5-6-8-16(12)21-17-14-9-10-18(3,4)11-15(14)19-13(2)20-17;1-2/h5-8H,9-11H2,1-4H3;1-2H3. The molecular formula is C20H28N2O. The molecule has 1 aromatic heterocycles. The van der Waals surface area contributed by atoms with Crippen molar-refractivity contribution in [1.29, 1.82) is 0 Å². The third-order valence-electron chi connectivity index (χ3n) is 4.16. The van der Waals surface area contributed by atoms with E-state index in [-0.39, 0.29) is 0 Å². The molecule has 2 aromatic rings. The maximum absolute atomic E-state index is 6.11. The Kier molecular flexibility index (Phi) is 5.40. The van der Waals surface area contributed by atoms with Crippen LogP contribution in [0.25, 0.3) is 0 Å². The Morgan fingerprint density at radius 3 is 2.43 bits per heavy atom. The highest BCUT2D eigenvalue weighted by Gasteiger charge is 2.29. The molecule has 0 amide bonds. The molecule has 0 saturated heterocycles. The Labute approximate surface area is 140 Å². The van der Waals surface area contributed by atoms with Gasteiger partial charge in [-0.25, -0.2) is 4.98 Å². The summed E-state index contributed by atoms with van der Waals surface area (Å²) in [5.41, 5.74) is 3.78. The number of para-hydroxylation sites is 1. The van der Waals surface area contributed by atoms with Crippen molar-refractivity contribution in [3.05, 3.63) is 46.9 Å². The van der Waals surface area contributed by atoms with Crippen molar-refractivity contribution in [3.8, 4) is 11.6 Å². The summed E-state index contributed by atoms with van der Waals surface area (Å²) in [6.07, 6.45) is 3.14. The van der Waals surface area contributed by atoms with E-state index in [1.165, 1.54) is 5.56 Å². The molecule has 0 saturated carbocycles. The summed E-state index contributed by atoms with van der Waals surface area (Å²) in [5, 5.41) is 0. The molecule has 1 aliphatic rings. The van der Waals surface area contributed by atoms with Gasteiger partial charge in [0.05, 0.1) is 5.69 Å². The molecule has 0 atom stereocenters. The van der Waals surface area contributed by atoms with E-state index >= 15 is 0 Å². The maximum atomic E-state index is 6.11. The lowest BCUT2D eigenvalue weighted by Gasteiger charge is -2.31. The van der Waals surface area contributed by atoms with Gasteiger partial charge in [-0.2, -0.15) is 4.98 Å². The van der Waals surface area contributed by atoms with Gasteiger partial charge in [-0.15, -0.1) is 0 Å². The van der Waals surface area contributed by atoms with Crippen LogP contribution in [0.1, 0.15) is 56.8 Å². The number of aryl methyl sites for hydroxylation is 2. The fourth-order valence-electron chi connectivity index (χ4n) is 2.89. The first-order valence-corrected chi connectivity index (χ1v) is 8.54. The van der Waals surface area contributed by atoms with Gasteiger partial charge in [0.1, 0.15) is 11.6 Å². The Bertz CT molecular complexity index is 677. The number of hydrogen-bond donors (Lipinski definition) is 0.